The smallest absolute Gasteiger partial charge is 0.240 e. The summed E-state index contributed by atoms with van der Waals surface area (Å²) in [6.07, 6.45) is 1.05. The van der Waals surface area contributed by atoms with Crippen LogP contribution >= 0.6 is 0 Å². The number of hydrogen-bond donors (Lipinski definition) is 1. The largest absolute Gasteiger partial charge is 0.338 e. The molecular formula is C13H16FN3O. The van der Waals surface area contributed by atoms with Gasteiger partial charge in [0.2, 0.25) is 11.7 Å². The number of nitrogens with zero attached hydrogens (tertiary/aromatic N) is 2. The van der Waals surface area contributed by atoms with Crippen molar-refractivity contribution < 1.29 is 8.91 Å². The van der Waals surface area contributed by atoms with Crippen LogP contribution in [0.25, 0.3) is 11.4 Å². The number of rotatable bonds is 5. The molecule has 1 heterocycles. The highest BCUT2D eigenvalue weighted by molar-refractivity contribution is 5.55. The van der Waals surface area contributed by atoms with Crippen molar-refractivity contribution in [2.24, 2.45) is 0 Å². The molecule has 0 amide bonds. The van der Waals surface area contributed by atoms with E-state index in [1.165, 1.54) is 12.1 Å². The maximum absolute atomic E-state index is 13.3. The number of nitrogens with one attached hydrogen (secondary N) is 1. The van der Waals surface area contributed by atoms with Gasteiger partial charge in [-0.25, -0.2) is 4.39 Å². The van der Waals surface area contributed by atoms with Crippen LogP contribution in [0.1, 0.15) is 24.8 Å². The van der Waals surface area contributed by atoms with E-state index in [1.807, 2.05) is 13.0 Å². The average molecular weight is 249 g/mol. The summed E-state index contributed by atoms with van der Waals surface area (Å²) >= 11 is 0. The molecule has 1 aromatic carbocycles. The SMILES string of the molecule is CCCNCc1nc(-c2cc(C)cc(F)c2)no1. The van der Waals surface area contributed by atoms with E-state index in [1.54, 1.807) is 0 Å². The summed E-state index contributed by atoms with van der Waals surface area (Å²) in [6, 6.07) is 4.70. The zero-order valence-electron chi connectivity index (χ0n) is 10.5. The van der Waals surface area contributed by atoms with Crippen LogP contribution in [-0.4, -0.2) is 16.7 Å². The van der Waals surface area contributed by atoms with Gasteiger partial charge in [0, 0.05) is 5.56 Å². The Labute approximate surface area is 105 Å². The van der Waals surface area contributed by atoms with Crippen LogP contribution in [0.3, 0.4) is 0 Å². The third-order valence-electron chi connectivity index (χ3n) is 2.47. The van der Waals surface area contributed by atoms with E-state index in [9.17, 15) is 4.39 Å². The van der Waals surface area contributed by atoms with Crippen molar-refractivity contribution in [2.45, 2.75) is 26.8 Å². The van der Waals surface area contributed by atoms with Crippen molar-refractivity contribution >= 4 is 0 Å². The Kier molecular flexibility index (Phi) is 4.04. The molecule has 0 bridgehead atoms. The molecule has 0 aliphatic carbocycles. The molecule has 5 heteroatoms. The van der Waals surface area contributed by atoms with Gasteiger partial charge in [-0.05, 0) is 43.7 Å². The Balaban J connectivity index is 2.13. The molecule has 0 fully saturated rings. The van der Waals surface area contributed by atoms with Crippen LogP contribution in [0.2, 0.25) is 0 Å². The van der Waals surface area contributed by atoms with E-state index in [2.05, 4.69) is 22.4 Å². The second kappa shape index (κ2) is 5.73. The van der Waals surface area contributed by atoms with E-state index in [0.717, 1.165) is 18.5 Å². The molecule has 0 atom stereocenters. The van der Waals surface area contributed by atoms with Crippen LogP contribution in [0, 0.1) is 12.7 Å². The minimum absolute atomic E-state index is 0.291. The van der Waals surface area contributed by atoms with E-state index >= 15 is 0 Å². The van der Waals surface area contributed by atoms with E-state index in [-0.39, 0.29) is 5.82 Å². The Hall–Kier alpha value is -1.75. The van der Waals surface area contributed by atoms with Crippen molar-refractivity contribution in [3.63, 3.8) is 0 Å². The normalized spacial score (nSPS) is 10.8. The lowest BCUT2D eigenvalue weighted by Crippen LogP contribution is -2.13. The third kappa shape index (κ3) is 3.13. The molecule has 0 aliphatic rings. The second-order valence-corrected chi connectivity index (χ2v) is 4.21. The number of aryl methyl sites for hydroxylation is 1. The highest BCUT2D eigenvalue weighted by Gasteiger charge is 2.09. The fourth-order valence-corrected chi connectivity index (χ4v) is 1.68. The number of benzene rings is 1. The van der Waals surface area contributed by atoms with Crippen LogP contribution in [0.5, 0.6) is 0 Å². The lowest BCUT2D eigenvalue weighted by atomic mass is 10.1. The van der Waals surface area contributed by atoms with Gasteiger partial charge in [-0.1, -0.05) is 12.1 Å². The Morgan fingerprint density at radius 3 is 2.89 bits per heavy atom. The van der Waals surface area contributed by atoms with Crippen molar-refractivity contribution in [1.82, 2.24) is 15.5 Å². The van der Waals surface area contributed by atoms with E-state index in [4.69, 9.17) is 4.52 Å². The van der Waals surface area contributed by atoms with Gasteiger partial charge < -0.3 is 9.84 Å². The maximum Gasteiger partial charge on any atom is 0.240 e. The summed E-state index contributed by atoms with van der Waals surface area (Å²) in [4.78, 5) is 4.23. The summed E-state index contributed by atoms with van der Waals surface area (Å²) in [5.74, 6) is 0.645. The van der Waals surface area contributed by atoms with Gasteiger partial charge in [0.05, 0.1) is 6.54 Å². The first-order valence-electron chi connectivity index (χ1n) is 6.00. The quantitative estimate of drug-likeness (QED) is 0.828. The number of halogens is 1. The van der Waals surface area contributed by atoms with Gasteiger partial charge in [0.25, 0.3) is 0 Å². The topological polar surface area (TPSA) is 51.0 Å². The zero-order chi connectivity index (χ0) is 13.0. The highest BCUT2D eigenvalue weighted by Crippen LogP contribution is 2.18. The molecule has 0 aliphatic heterocycles. The fourth-order valence-electron chi connectivity index (χ4n) is 1.68. The summed E-state index contributed by atoms with van der Waals surface area (Å²) in [6.45, 7) is 5.35. The molecular weight excluding hydrogens is 233 g/mol. The van der Waals surface area contributed by atoms with Crippen LogP contribution in [-0.2, 0) is 6.54 Å². The Morgan fingerprint density at radius 2 is 2.17 bits per heavy atom. The maximum atomic E-state index is 13.3. The highest BCUT2D eigenvalue weighted by atomic mass is 19.1. The molecule has 96 valence electrons. The van der Waals surface area contributed by atoms with Crippen molar-refractivity contribution in [2.75, 3.05) is 6.54 Å². The minimum Gasteiger partial charge on any atom is -0.338 e. The molecule has 1 aromatic heterocycles. The van der Waals surface area contributed by atoms with Gasteiger partial charge >= 0.3 is 0 Å². The van der Waals surface area contributed by atoms with Crippen LogP contribution in [0.15, 0.2) is 22.7 Å². The van der Waals surface area contributed by atoms with Crippen molar-refractivity contribution in [3.8, 4) is 11.4 Å². The summed E-state index contributed by atoms with van der Waals surface area (Å²) in [7, 11) is 0. The van der Waals surface area contributed by atoms with Gasteiger partial charge in [-0.2, -0.15) is 4.98 Å². The van der Waals surface area contributed by atoms with E-state index < -0.39 is 0 Å². The summed E-state index contributed by atoms with van der Waals surface area (Å²) in [5.41, 5.74) is 1.47. The molecule has 2 rings (SSSR count). The number of aromatic nitrogens is 2. The van der Waals surface area contributed by atoms with E-state index in [0.29, 0.717) is 23.8 Å². The molecule has 1 N–H and O–H groups in total. The van der Waals surface area contributed by atoms with Gasteiger partial charge in [-0.3, -0.25) is 0 Å². The van der Waals surface area contributed by atoms with Crippen molar-refractivity contribution in [1.29, 1.82) is 0 Å². The Bertz CT molecular complexity index is 504. The lowest BCUT2D eigenvalue weighted by Gasteiger charge is -1.98. The molecule has 0 saturated heterocycles. The first kappa shape index (κ1) is 12.7. The fraction of sp³-hybridized carbons (Fsp3) is 0.385. The van der Waals surface area contributed by atoms with Gasteiger partial charge in [0.1, 0.15) is 5.82 Å². The molecule has 0 radical (unpaired) electrons. The first-order chi connectivity index (χ1) is 8.69. The van der Waals surface area contributed by atoms with Gasteiger partial charge in [0.15, 0.2) is 0 Å². The molecule has 18 heavy (non-hydrogen) atoms. The zero-order valence-corrected chi connectivity index (χ0v) is 10.5. The molecule has 0 saturated carbocycles. The third-order valence-corrected chi connectivity index (χ3v) is 2.47. The predicted octanol–water partition coefficient (Wildman–Crippen LogP) is 2.68. The molecule has 2 aromatic rings. The monoisotopic (exact) mass is 249 g/mol. The first-order valence-corrected chi connectivity index (χ1v) is 6.00. The molecule has 4 nitrogen and oxygen atoms in total. The molecule has 0 unspecified atom stereocenters. The lowest BCUT2D eigenvalue weighted by molar-refractivity contribution is 0.368. The van der Waals surface area contributed by atoms with Crippen molar-refractivity contribution in [3.05, 3.63) is 35.5 Å². The number of hydrogen-bond acceptors (Lipinski definition) is 4. The minimum atomic E-state index is -0.291. The van der Waals surface area contributed by atoms with Crippen LogP contribution in [0.4, 0.5) is 4.39 Å². The summed E-state index contributed by atoms with van der Waals surface area (Å²) in [5, 5.41) is 7.02. The van der Waals surface area contributed by atoms with Crippen LogP contribution < -0.4 is 5.32 Å². The van der Waals surface area contributed by atoms with Gasteiger partial charge in [-0.15, -0.1) is 0 Å². The Morgan fingerprint density at radius 1 is 1.33 bits per heavy atom. The molecule has 0 spiro atoms. The standard InChI is InChI=1S/C13H16FN3O/c1-3-4-15-8-12-16-13(17-18-12)10-5-9(2)6-11(14)7-10/h5-7,15H,3-4,8H2,1-2H3. The summed E-state index contributed by atoms with van der Waals surface area (Å²) < 4.78 is 18.4. The average Bonchev–Trinajstić information content (AvgIpc) is 2.77. The predicted molar refractivity (Wildman–Crippen MR) is 66.4 cm³/mol. The second-order valence-electron chi connectivity index (χ2n) is 4.21.